The first-order valence-electron chi connectivity index (χ1n) is 16.4. The van der Waals surface area contributed by atoms with Gasteiger partial charge in [0.15, 0.2) is 0 Å². The van der Waals surface area contributed by atoms with Gasteiger partial charge >= 0.3 is 0 Å². The van der Waals surface area contributed by atoms with Crippen LogP contribution in [0.15, 0.2) is 42.5 Å². The minimum Gasteiger partial charge on any atom is -0.391 e. The first kappa shape index (κ1) is 34.0. The second-order valence-corrected chi connectivity index (χ2v) is 12.7. The summed E-state index contributed by atoms with van der Waals surface area (Å²) < 4.78 is 36.6. The van der Waals surface area contributed by atoms with E-state index in [1.54, 1.807) is 43.2 Å². The highest BCUT2D eigenvalue weighted by Gasteiger charge is 2.40. The molecule has 5 rings (SSSR count). The maximum atomic E-state index is 14.8. The molecular weight excluding hydrogens is 592 g/mol. The number of likely N-dealkylation sites (tertiary alicyclic amines) is 1. The van der Waals surface area contributed by atoms with Crippen molar-refractivity contribution in [2.24, 2.45) is 0 Å². The van der Waals surface area contributed by atoms with Gasteiger partial charge in [-0.1, -0.05) is 6.92 Å². The second-order valence-electron chi connectivity index (χ2n) is 12.7. The van der Waals surface area contributed by atoms with Crippen LogP contribution in [0, 0.1) is 11.6 Å². The predicted molar refractivity (Wildman–Crippen MR) is 174 cm³/mol. The number of hydrogen-bond acceptors (Lipinski definition) is 6. The van der Waals surface area contributed by atoms with Crippen molar-refractivity contribution in [3.8, 4) is 11.3 Å². The number of β-amino-alcohol motifs (C(OH)–C–C–N with tert-alkyl or cyclic N) is 1. The zero-order valence-corrected chi connectivity index (χ0v) is 27.2. The number of halogens is 2. The molecule has 2 aliphatic heterocycles. The molecule has 2 amide bonds. The first-order chi connectivity index (χ1) is 22.1. The molecule has 1 aromatic heterocycles. The zero-order chi connectivity index (χ0) is 33.0. The normalized spacial score (nSPS) is 21.0. The molecule has 5 atom stereocenters. The van der Waals surface area contributed by atoms with E-state index in [9.17, 15) is 23.5 Å². The fourth-order valence-electron chi connectivity index (χ4n) is 7.06. The predicted octanol–water partition coefficient (Wildman–Crippen LogP) is 3.92. The van der Waals surface area contributed by atoms with Crippen LogP contribution in [0.2, 0.25) is 0 Å². The molecular formula is C35H47F2N5O4. The number of aromatic nitrogens is 1. The van der Waals surface area contributed by atoms with Gasteiger partial charge in [-0.2, -0.15) is 0 Å². The summed E-state index contributed by atoms with van der Waals surface area (Å²) in [5, 5.41) is 21.2. The monoisotopic (exact) mass is 639 g/mol. The third-order valence-corrected chi connectivity index (χ3v) is 9.47. The first-order valence-corrected chi connectivity index (χ1v) is 16.4. The molecule has 3 aromatic rings. The number of rotatable bonds is 12. The molecule has 250 valence electrons. The largest absolute Gasteiger partial charge is 0.391 e. The summed E-state index contributed by atoms with van der Waals surface area (Å²) in [5.41, 5.74) is 3.36. The number of aliphatic hydroxyl groups excluding tert-OH is 1. The van der Waals surface area contributed by atoms with Crippen LogP contribution in [0.1, 0.15) is 58.1 Å². The quantitative estimate of drug-likeness (QED) is 0.239. The Hall–Kier alpha value is -3.38. The van der Waals surface area contributed by atoms with E-state index in [1.807, 2.05) is 13.8 Å². The van der Waals surface area contributed by atoms with Crippen molar-refractivity contribution in [2.45, 2.75) is 89.3 Å². The number of piperidine rings is 1. The highest BCUT2D eigenvalue weighted by molar-refractivity contribution is 5.93. The average Bonchev–Trinajstić information content (AvgIpc) is 3.57. The van der Waals surface area contributed by atoms with Crippen molar-refractivity contribution in [3.05, 3.63) is 59.7 Å². The van der Waals surface area contributed by atoms with Crippen LogP contribution in [-0.2, 0) is 20.7 Å². The molecule has 2 aromatic carbocycles. The Morgan fingerprint density at radius 3 is 2.46 bits per heavy atom. The SMILES string of the molecule is CCN[C@@H](C)C(=O)N[C@@H](C[C@H](C)OC)C(=O)N1C[C@@H](O)C[C@H]1Cc1c(-c2ccc(F)cc2)n(C2CCNCC2)c2cc(F)ccc12. The van der Waals surface area contributed by atoms with Crippen LogP contribution < -0.4 is 16.0 Å². The van der Waals surface area contributed by atoms with Crippen LogP contribution in [0.3, 0.4) is 0 Å². The van der Waals surface area contributed by atoms with Crippen LogP contribution in [-0.4, -0.2) is 90.0 Å². The molecule has 3 heterocycles. The van der Waals surface area contributed by atoms with Crippen LogP contribution in [0.4, 0.5) is 8.78 Å². The summed E-state index contributed by atoms with van der Waals surface area (Å²) in [6, 6.07) is 9.52. The number of carbonyl (C=O) groups is 2. The number of fused-ring (bicyclic) bond motifs is 1. The summed E-state index contributed by atoms with van der Waals surface area (Å²) in [6.45, 7) is 7.90. The van der Waals surface area contributed by atoms with Gasteiger partial charge in [-0.15, -0.1) is 0 Å². The number of nitrogens with zero attached hydrogens (tertiary/aromatic N) is 2. The lowest BCUT2D eigenvalue weighted by Gasteiger charge is -2.31. The molecule has 2 saturated heterocycles. The number of aliphatic hydroxyl groups is 1. The van der Waals surface area contributed by atoms with Crippen molar-refractivity contribution in [2.75, 3.05) is 33.3 Å². The van der Waals surface area contributed by atoms with E-state index >= 15 is 0 Å². The third kappa shape index (κ3) is 7.43. The van der Waals surface area contributed by atoms with E-state index in [4.69, 9.17) is 4.74 Å². The topological polar surface area (TPSA) is 108 Å². The fraction of sp³-hybridized carbons (Fsp3) is 0.543. The number of benzene rings is 2. The third-order valence-electron chi connectivity index (χ3n) is 9.47. The second kappa shape index (κ2) is 15.0. The van der Waals surface area contributed by atoms with Gasteiger partial charge in [0.1, 0.15) is 17.7 Å². The minimum atomic E-state index is -0.849. The summed E-state index contributed by atoms with van der Waals surface area (Å²) in [4.78, 5) is 28.9. The van der Waals surface area contributed by atoms with Gasteiger partial charge in [0, 0.05) is 37.5 Å². The van der Waals surface area contributed by atoms with E-state index in [1.165, 1.54) is 18.2 Å². The number of likely N-dealkylation sites (N-methyl/N-ethyl adjacent to an activating group) is 1. The van der Waals surface area contributed by atoms with E-state index in [-0.39, 0.29) is 54.6 Å². The van der Waals surface area contributed by atoms with Gasteiger partial charge in [0.25, 0.3) is 0 Å². The van der Waals surface area contributed by atoms with Crippen LogP contribution >= 0.6 is 0 Å². The zero-order valence-electron chi connectivity index (χ0n) is 27.2. The molecule has 0 saturated carbocycles. The summed E-state index contributed by atoms with van der Waals surface area (Å²) in [6.07, 6.45) is 1.69. The Morgan fingerprint density at radius 2 is 1.78 bits per heavy atom. The minimum absolute atomic E-state index is 0.0973. The summed E-state index contributed by atoms with van der Waals surface area (Å²) in [5.74, 6) is -1.26. The fourth-order valence-corrected chi connectivity index (χ4v) is 7.06. The Balaban J connectivity index is 1.56. The number of amides is 2. The molecule has 0 aliphatic carbocycles. The number of carbonyl (C=O) groups excluding carboxylic acids is 2. The van der Waals surface area contributed by atoms with E-state index < -0.39 is 18.2 Å². The van der Waals surface area contributed by atoms with Gasteiger partial charge in [-0.05, 0) is 113 Å². The molecule has 0 bridgehead atoms. The number of methoxy groups -OCH3 is 1. The van der Waals surface area contributed by atoms with Gasteiger partial charge in [0.2, 0.25) is 11.8 Å². The molecule has 2 fully saturated rings. The average molecular weight is 640 g/mol. The van der Waals surface area contributed by atoms with Gasteiger partial charge in [0.05, 0.1) is 29.5 Å². The Labute approximate surface area is 269 Å². The smallest absolute Gasteiger partial charge is 0.245 e. The molecule has 0 unspecified atom stereocenters. The van der Waals surface area contributed by atoms with Crippen molar-refractivity contribution in [3.63, 3.8) is 0 Å². The molecule has 0 radical (unpaired) electrons. The van der Waals surface area contributed by atoms with Crippen molar-refractivity contribution in [1.29, 1.82) is 0 Å². The Bertz CT molecular complexity index is 1510. The van der Waals surface area contributed by atoms with E-state index in [0.29, 0.717) is 19.4 Å². The Kier molecular flexibility index (Phi) is 11.1. The van der Waals surface area contributed by atoms with Crippen LogP contribution in [0.5, 0.6) is 0 Å². The standard InChI is InChI=1S/C35H47F2N5O4/c1-5-39-22(3)34(44)40-31(16-21(2)46-4)35(45)41-20-28(43)18-27(41)19-30-29-11-10-25(37)17-32(29)42(26-12-14-38-15-13-26)33(30)23-6-8-24(36)9-7-23/h6-11,17,21-22,26-28,31,38-39,43H,5,12-16,18-20H2,1-4H3,(H,40,44)/t21-,22-,27-,28-,31-/m0/s1. The van der Waals surface area contributed by atoms with Gasteiger partial charge in [-0.3, -0.25) is 9.59 Å². The number of ether oxygens (including phenoxy) is 1. The number of hydrogen-bond donors (Lipinski definition) is 4. The highest BCUT2D eigenvalue weighted by Crippen LogP contribution is 2.41. The van der Waals surface area contributed by atoms with Crippen LogP contribution in [0.25, 0.3) is 22.2 Å². The van der Waals surface area contributed by atoms with Gasteiger partial charge < -0.3 is 35.3 Å². The molecule has 0 spiro atoms. The summed E-state index contributed by atoms with van der Waals surface area (Å²) in [7, 11) is 1.57. The molecule has 9 nitrogen and oxygen atoms in total. The Morgan fingerprint density at radius 1 is 1.09 bits per heavy atom. The number of nitrogens with one attached hydrogen (secondary N) is 3. The van der Waals surface area contributed by atoms with Crippen molar-refractivity contribution in [1.82, 2.24) is 25.4 Å². The lowest BCUT2D eigenvalue weighted by Crippen LogP contribution is -2.55. The molecule has 11 heteroatoms. The molecule has 46 heavy (non-hydrogen) atoms. The van der Waals surface area contributed by atoms with E-state index in [0.717, 1.165) is 53.7 Å². The molecule has 4 N–H and O–H groups in total. The lowest BCUT2D eigenvalue weighted by atomic mass is 9.96. The maximum Gasteiger partial charge on any atom is 0.245 e. The highest BCUT2D eigenvalue weighted by atomic mass is 19.1. The molecule has 2 aliphatic rings. The summed E-state index contributed by atoms with van der Waals surface area (Å²) >= 11 is 0. The maximum absolute atomic E-state index is 14.8. The lowest BCUT2D eigenvalue weighted by molar-refractivity contribution is -0.138. The van der Waals surface area contributed by atoms with Gasteiger partial charge in [-0.25, -0.2) is 8.78 Å². The van der Waals surface area contributed by atoms with Crippen molar-refractivity contribution >= 4 is 22.7 Å². The van der Waals surface area contributed by atoms with E-state index in [2.05, 4.69) is 20.5 Å². The van der Waals surface area contributed by atoms with Crippen molar-refractivity contribution < 1.29 is 28.2 Å².